The monoisotopic (exact) mass is 270 g/mol. The van der Waals surface area contributed by atoms with Gasteiger partial charge in [-0.3, -0.25) is 9.59 Å². The molecule has 1 rings (SSSR count). The lowest BCUT2D eigenvalue weighted by Gasteiger charge is -2.36. The van der Waals surface area contributed by atoms with Crippen LogP contribution in [0.5, 0.6) is 0 Å². The number of aliphatic hydroxyl groups excluding tert-OH is 1. The van der Waals surface area contributed by atoms with Crippen LogP contribution in [0.2, 0.25) is 0 Å². The fraction of sp³-hybridized carbons (Fsp3) is 0.857. The average Bonchev–Trinajstić information content (AvgIpc) is 2.45. The molecular weight excluding hydrogens is 244 g/mol. The second kappa shape index (κ2) is 6.89. The first-order valence-electron chi connectivity index (χ1n) is 7.16. The highest BCUT2D eigenvalue weighted by atomic mass is 16.3. The SMILES string of the molecule is CCC(CC)(CO)NC(=O)C1CCCN(C(C)=O)C1. The molecule has 0 spiro atoms. The van der Waals surface area contributed by atoms with Gasteiger partial charge in [-0.25, -0.2) is 0 Å². The number of aliphatic hydroxyl groups is 1. The highest BCUT2D eigenvalue weighted by Gasteiger charge is 2.33. The molecule has 1 fully saturated rings. The molecule has 0 saturated carbocycles. The quantitative estimate of drug-likeness (QED) is 0.780. The normalized spacial score (nSPS) is 20.2. The maximum atomic E-state index is 12.3. The number of carbonyl (C=O) groups excluding carboxylic acids is 2. The average molecular weight is 270 g/mol. The van der Waals surface area contributed by atoms with Gasteiger partial charge in [0.1, 0.15) is 0 Å². The third kappa shape index (κ3) is 3.93. The molecule has 0 radical (unpaired) electrons. The summed E-state index contributed by atoms with van der Waals surface area (Å²) < 4.78 is 0. The smallest absolute Gasteiger partial charge is 0.225 e. The minimum Gasteiger partial charge on any atom is -0.394 e. The molecule has 2 N–H and O–H groups in total. The van der Waals surface area contributed by atoms with E-state index in [1.54, 1.807) is 4.90 Å². The number of piperidine rings is 1. The summed E-state index contributed by atoms with van der Waals surface area (Å²) in [6, 6.07) is 0. The Labute approximate surface area is 115 Å². The van der Waals surface area contributed by atoms with Crippen molar-refractivity contribution in [3.8, 4) is 0 Å². The molecule has 0 bridgehead atoms. The first kappa shape index (κ1) is 16.0. The zero-order valence-corrected chi connectivity index (χ0v) is 12.2. The van der Waals surface area contributed by atoms with E-state index in [1.165, 1.54) is 6.92 Å². The lowest BCUT2D eigenvalue weighted by Crippen LogP contribution is -2.54. The number of hydrogen-bond acceptors (Lipinski definition) is 3. The first-order valence-corrected chi connectivity index (χ1v) is 7.16. The van der Waals surface area contributed by atoms with Gasteiger partial charge in [0, 0.05) is 20.0 Å². The van der Waals surface area contributed by atoms with E-state index >= 15 is 0 Å². The molecular formula is C14H26N2O3. The predicted octanol–water partition coefficient (Wildman–Crippen LogP) is 0.912. The molecule has 1 saturated heterocycles. The van der Waals surface area contributed by atoms with Crippen LogP contribution in [0.3, 0.4) is 0 Å². The zero-order valence-electron chi connectivity index (χ0n) is 12.2. The largest absolute Gasteiger partial charge is 0.394 e. The third-order valence-corrected chi connectivity index (χ3v) is 4.28. The second-order valence-corrected chi connectivity index (χ2v) is 5.44. The summed E-state index contributed by atoms with van der Waals surface area (Å²) >= 11 is 0. The second-order valence-electron chi connectivity index (χ2n) is 5.44. The van der Waals surface area contributed by atoms with Crippen LogP contribution in [-0.4, -0.2) is 47.1 Å². The summed E-state index contributed by atoms with van der Waals surface area (Å²) in [5.41, 5.74) is -0.518. The van der Waals surface area contributed by atoms with E-state index in [-0.39, 0.29) is 24.3 Å². The molecule has 0 aliphatic carbocycles. The molecule has 0 aromatic rings. The van der Waals surface area contributed by atoms with Crippen LogP contribution in [0.15, 0.2) is 0 Å². The summed E-state index contributed by atoms with van der Waals surface area (Å²) in [7, 11) is 0. The fourth-order valence-corrected chi connectivity index (χ4v) is 2.53. The Bertz CT molecular complexity index is 318. The molecule has 5 heteroatoms. The number of likely N-dealkylation sites (tertiary alicyclic amines) is 1. The van der Waals surface area contributed by atoms with E-state index in [9.17, 15) is 14.7 Å². The third-order valence-electron chi connectivity index (χ3n) is 4.28. The minimum atomic E-state index is -0.518. The summed E-state index contributed by atoms with van der Waals surface area (Å²) in [5, 5.41) is 12.5. The maximum Gasteiger partial charge on any atom is 0.225 e. The van der Waals surface area contributed by atoms with E-state index in [0.29, 0.717) is 19.4 Å². The van der Waals surface area contributed by atoms with Crippen molar-refractivity contribution in [2.75, 3.05) is 19.7 Å². The summed E-state index contributed by atoms with van der Waals surface area (Å²) in [5.74, 6) is -0.165. The molecule has 1 aliphatic heterocycles. The van der Waals surface area contributed by atoms with Crippen molar-refractivity contribution in [3.63, 3.8) is 0 Å². The van der Waals surface area contributed by atoms with Gasteiger partial charge < -0.3 is 15.3 Å². The van der Waals surface area contributed by atoms with E-state index in [0.717, 1.165) is 19.4 Å². The van der Waals surface area contributed by atoms with Crippen LogP contribution in [0.25, 0.3) is 0 Å². The minimum absolute atomic E-state index is 0.0249. The maximum absolute atomic E-state index is 12.3. The standard InChI is InChI=1S/C14H26N2O3/c1-4-14(5-2,10-17)15-13(19)12-7-6-8-16(9-12)11(3)18/h12,17H,4-10H2,1-3H3,(H,15,19). The van der Waals surface area contributed by atoms with Crippen molar-refractivity contribution in [3.05, 3.63) is 0 Å². The molecule has 1 atom stereocenters. The van der Waals surface area contributed by atoms with Crippen molar-refractivity contribution >= 4 is 11.8 Å². The van der Waals surface area contributed by atoms with Gasteiger partial charge in [0.05, 0.1) is 18.1 Å². The van der Waals surface area contributed by atoms with Crippen LogP contribution in [0, 0.1) is 5.92 Å². The van der Waals surface area contributed by atoms with E-state index in [4.69, 9.17) is 0 Å². The topological polar surface area (TPSA) is 69.6 Å². The van der Waals surface area contributed by atoms with Crippen molar-refractivity contribution in [1.82, 2.24) is 10.2 Å². The highest BCUT2D eigenvalue weighted by Crippen LogP contribution is 2.20. The van der Waals surface area contributed by atoms with E-state index < -0.39 is 5.54 Å². The van der Waals surface area contributed by atoms with Crippen molar-refractivity contribution in [2.45, 2.75) is 52.0 Å². The van der Waals surface area contributed by atoms with Crippen molar-refractivity contribution in [1.29, 1.82) is 0 Å². The van der Waals surface area contributed by atoms with Crippen LogP contribution < -0.4 is 5.32 Å². The van der Waals surface area contributed by atoms with Gasteiger partial charge in [0.15, 0.2) is 0 Å². The number of nitrogens with zero attached hydrogens (tertiary/aromatic N) is 1. The molecule has 1 unspecified atom stereocenters. The van der Waals surface area contributed by atoms with Gasteiger partial charge in [-0.1, -0.05) is 13.8 Å². The van der Waals surface area contributed by atoms with Gasteiger partial charge >= 0.3 is 0 Å². The van der Waals surface area contributed by atoms with Gasteiger partial charge in [-0.2, -0.15) is 0 Å². The molecule has 110 valence electrons. The Balaban J connectivity index is 2.64. The summed E-state index contributed by atoms with van der Waals surface area (Å²) in [4.78, 5) is 25.4. The molecule has 5 nitrogen and oxygen atoms in total. The number of rotatable bonds is 5. The van der Waals surface area contributed by atoms with Gasteiger partial charge in [0.2, 0.25) is 11.8 Å². The highest BCUT2D eigenvalue weighted by molar-refractivity contribution is 5.81. The Hall–Kier alpha value is -1.10. The van der Waals surface area contributed by atoms with Crippen LogP contribution in [0.1, 0.15) is 46.5 Å². The Morgan fingerprint density at radius 3 is 2.47 bits per heavy atom. The Kier molecular flexibility index (Phi) is 5.79. The lowest BCUT2D eigenvalue weighted by atomic mass is 9.91. The Morgan fingerprint density at radius 1 is 1.37 bits per heavy atom. The Morgan fingerprint density at radius 2 is 2.00 bits per heavy atom. The number of nitrogens with one attached hydrogen (secondary N) is 1. The van der Waals surface area contributed by atoms with Crippen LogP contribution in [-0.2, 0) is 9.59 Å². The number of carbonyl (C=O) groups is 2. The summed E-state index contributed by atoms with van der Waals surface area (Å²) in [6.07, 6.45) is 3.08. The zero-order chi connectivity index (χ0) is 14.5. The first-order chi connectivity index (χ1) is 8.98. The van der Waals surface area contributed by atoms with E-state index in [1.807, 2.05) is 13.8 Å². The molecule has 2 amide bonds. The van der Waals surface area contributed by atoms with Gasteiger partial charge in [-0.05, 0) is 25.7 Å². The summed E-state index contributed by atoms with van der Waals surface area (Å²) in [6.45, 7) is 6.65. The van der Waals surface area contributed by atoms with Gasteiger partial charge in [-0.15, -0.1) is 0 Å². The van der Waals surface area contributed by atoms with Gasteiger partial charge in [0.25, 0.3) is 0 Å². The predicted molar refractivity (Wildman–Crippen MR) is 73.5 cm³/mol. The molecule has 1 heterocycles. The van der Waals surface area contributed by atoms with Crippen LogP contribution in [0.4, 0.5) is 0 Å². The lowest BCUT2D eigenvalue weighted by molar-refractivity contribution is -0.135. The molecule has 0 aromatic carbocycles. The van der Waals surface area contributed by atoms with Crippen LogP contribution >= 0.6 is 0 Å². The molecule has 1 aliphatic rings. The van der Waals surface area contributed by atoms with E-state index in [2.05, 4.69) is 5.32 Å². The fourth-order valence-electron chi connectivity index (χ4n) is 2.53. The van der Waals surface area contributed by atoms with Crippen molar-refractivity contribution < 1.29 is 14.7 Å². The number of hydrogen-bond donors (Lipinski definition) is 2. The van der Waals surface area contributed by atoms with Crippen molar-refractivity contribution in [2.24, 2.45) is 5.92 Å². The molecule has 19 heavy (non-hydrogen) atoms. The molecule has 0 aromatic heterocycles. The number of amides is 2.